The first-order chi connectivity index (χ1) is 11.0. The Bertz CT molecular complexity index is 766. The van der Waals surface area contributed by atoms with E-state index in [1.807, 2.05) is 13.0 Å². The summed E-state index contributed by atoms with van der Waals surface area (Å²) >= 11 is 12.1. The average molecular weight is 357 g/mol. The minimum Gasteiger partial charge on any atom is -0.260 e. The number of aromatic nitrogens is 2. The van der Waals surface area contributed by atoms with Crippen LogP contribution in [0.2, 0.25) is 10.0 Å². The molecule has 6 heteroatoms. The number of fused-ring (bicyclic) bond motifs is 1. The van der Waals surface area contributed by atoms with E-state index >= 15 is 0 Å². The van der Waals surface area contributed by atoms with Gasteiger partial charge in [0.25, 0.3) is 6.43 Å². The molecule has 0 atom stereocenters. The summed E-state index contributed by atoms with van der Waals surface area (Å²) in [6, 6.07) is 5.20. The van der Waals surface area contributed by atoms with Crippen molar-refractivity contribution in [2.24, 2.45) is 0 Å². The molecule has 23 heavy (non-hydrogen) atoms. The number of benzene rings is 1. The molecule has 1 aromatic carbocycles. The van der Waals surface area contributed by atoms with E-state index in [2.05, 4.69) is 5.10 Å². The van der Waals surface area contributed by atoms with Crippen molar-refractivity contribution < 1.29 is 8.78 Å². The molecule has 1 aliphatic carbocycles. The first kappa shape index (κ1) is 16.5. The van der Waals surface area contributed by atoms with E-state index in [0.29, 0.717) is 28.6 Å². The van der Waals surface area contributed by atoms with E-state index in [1.165, 1.54) is 0 Å². The first-order valence-electron chi connectivity index (χ1n) is 7.48. The summed E-state index contributed by atoms with van der Waals surface area (Å²) in [6.07, 6.45) is 1.81. The zero-order valence-electron chi connectivity index (χ0n) is 12.6. The maximum absolute atomic E-state index is 13.3. The second-order valence-corrected chi connectivity index (χ2v) is 6.42. The second kappa shape index (κ2) is 6.62. The zero-order chi connectivity index (χ0) is 16.6. The lowest BCUT2D eigenvalue weighted by Crippen LogP contribution is -2.10. The number of rotatable bonds is 3. The van der Waals surface area contributed by atoms with E-state index < -0.39 is 6.43 Å². The van der Waals surface area contributed by atoms with Gasteiger partial charge in [0.2, 0.25) is 0 Å². The molecular formula is C17H16Cl2F2N2. The number of nitrogens with zero attached hydrogens (tertiary/aromatic N) is 2. The first-order valence-corrected chi connectivity index (χ1v) is 8.24. The third-order valence-electron chi connectivity index (χ3n) is 4.15. The zero-order valence-corrected chi connectivity index (χ0v) is 14.1. The molecule has 0 saturated heterocycles. The lowest BCUT2D eigenvalue weighted by molar-refractivity contribution is 0.144. The SMILES string of the molecule is C/C=C1\CCCc2c(C(F)F)nn(Cc3ccc(Cl)cc3Cl)c21. The predicted molar refractivity (Wildman–Crippen MR) is 89.3 cm³/mol. The van der Waals surface area contributed by atoms with Gasteiger partial charge < -0.3 is 0 Å². The lowest BCUT2D eigenvalue weighted by Gasteiger charge is -2.18. The molecule has 2 nitrogen and oxygen atoms in total. The topological polar surface area (TPSA) is 17.8 Å². The van der Waals surface area contributed by atoms with Gasteiger partial charge in [0.1, 0.15) is 5.69 Å². The summed E-state index contributed by atoms with van der Waals surface area (Å²) in [5, 5.41) is 5.24. The van der Waals surface area contributed by atoms with Crippen LogP contribution in [0.15, 0.2) is 24.3 Å². The minimum atomic E-state index is -2.57. The van der Waals surface area contributed by atoms with Crippen LogP contribution in [0.5, 0.6) is 0 Å². The highest BCUT2D eigenvalue weighted by atomic mass is 35.5. The van der Waals surface area contributed by atoms with Gasteiger partial charge in [-0.3, -0.25) is 4.68 Å². The van der Waals surface area contributed by atoms with Crippen LogP contribution < -0.4 is 0 Å². The van der Waals surface area contributed by atoms with Gasteiger partial charge in [0, 0.05) is 15.6 Å². The minimum absolute atomic E-state index is 0.107. The van der Waals surface area contributed by atoms with Crippen molar-refractivity contribution in [1.82, 2.24) is 9.78 Å². The van der Waals surface area contributed by atoms with Crippen LogP contribution in [0.3, 0.4) is 0 Å². The highest BCUT2D eigenvalue weighted by Crippen LogP contribution is 2.37. The monoisotopic (exact) mass is 356 g/mol. The fourth-order valence-electron chi connectivity index (χ4n) is 3.08. The van der Waals surface area contributed by atoms with Crippen LogP contribution in [0.4, 0.5) is 8.78 Å². The van der Waals surface area contributed by atoms with E-state index in [4.69, 9.17) is 23.2 Å². The van der Waals surface area contributed by atoms with Crippen molar-refractivity contribution in [3.63, 3.8) is 0 Å². The molecule has 2 aromatic rings. The van der Waals surface area contributed by atoms with Crippen molar-refractivity contribution >= 4 is 28.8 Å². The van der Waals surface area contributed by atoms with Gasteiger partial charge in [-0.05, 0) is 49.5 Å². The molecule has 0 bridgehead atoms. The molecule has 0 radical (unpaired) electrons. The van der Waals surface area contributed by atoms with Crippen molar-refractivity contribution in [2.75, 3.05) is 0 Å². The maximum atomic E-state index is 13.3. The van der Waals surface area contributed by atoms with Crippen LogP contribution in [0, 0.1) is 0 Å². The van der Waals surface area contributed by atoms with Crippen LogP contribution >= 0.6 is 23.2 Å². The van der Waals surface area contributed by atoms with Gasteiger partial charge in [0.15, 0.2) is 0 Å². The summed E-state index contributed by atoms with van der Waals surface area (Å²) in [4.78, 5) is 0. The van der Waals surface area contributed by atoms with Gasteiger partial charge in [-0.15, -0.1) is 0 Å². The highest BCUT2D eigenvalue weighted by Gasteiger charge is 2.28. The Morgan fingerprint density at radius 1 is 1.30 bits per heavy atom. The lowest BCUT2D eigenvalue weighted by atomic mass is 9.91. The molecular weight excluding hydrogens is 341 g/mol. The van der Waals surface area contributed by atoms with Crippen molar-refractivity contribution in [2.45, 2.75) is 39.2 Å². The summed E-state index contributed by atoms with van der Waals surface area (Å²) in [5.74, 6) is 0. The van der Waals surface area contributed by atoms with Crippen LogP contribution in [-0.4, -0.2) is 9.78 Å². The fourth-order valence-corrected chi connectivity index (χ4v) is 3.55. The Morgan fingerprint density at radius 3 is 2.74 bits per heavy atom. The number of alkyl halides is 2. The molecule has 122 valence electrons. The fraction of sp³-hybridized carbons (Fsp3) is 0.353. The van der Waals surface area contributed by atoms with Crippen molar-refractivity contribution in [1.29, 1.82) is 0 Å². The Hall–Kier alpha value is -1.39. The van der Waals surface area contributed by atoms with Gasteiger partial charge in [-0.25, -0.2) is 8.78 Å². The molecule has 0 unspecified atom stereocenters. The Kier molecular flexibility index (Phi) is 4.74. The maximum Gasteiger partial charge on any atom is 0.282 e. The summed E-state index contributed by atoms with van der Waals surface area (Å²) in [6.45, 7) is 2.28. The molecule has 1 aromatic heterocycles. The second-order valence-electron chi connectivity index (χ2n) is 5.57. The molecule has 0 spiro atoms. The third-order valence-corrected chi connectivity index (χ3v) is 4.74. The summed E-state index contributed by atoms with van der Waals surface area (Å²) in [7, 11) is 0. The van der Waals surface area contributed by atoms with Crippen molar-refractivity contribution in [3.8, 4) is 0 Å². The summed E-state index contributed by atoms with van der Waals surface area (Å²) < 4.78 is 28.3. The van der Waals surface area contributed by atoms with Gasteiger partial charge >= 0.3 is 0 Å². The average Bonchev–Trinajstić information content (AvgIpc) is 2.89. The van der Waals surface area contributed by atoms with Crippen LogP contribution in [-0.2, 0) is 13.0 Å². The van der Waals surface area contributed by atoms with E-state index in [-0.39, 0.29) is 5.69 Å². The predicted octanol–water partition coefficient (Wildman–Crippen LogP) is 5.92. The normalized spacial score (nSPS) is 16.2. The summed E-state index contributed by atoms with van der Waals surface area (Å²) in [5.41, 5.74) is 3.26. The Labute approximate surface area is 143 Å². The molecule has 1 aliphatic rings. The Balaban J connectivity index is 2.08. The molecule has 3 rings (SSSR count). The number of allylic oxidation sites excluding steroid dienone is 2. The highest BCUT2D eigenvalue weighted by molar-refractivity contribution is 6.35. The smallest absolute Gasteiger partial charge is 0.260 e. The van der Waals surface area contributed by atoms with Crippen molar-refractivity contribution in [3.05, 3.63) is 56.8 Å². The van der Waals surface area contributed by atoms with E-state index in [0.717, 1.165) is 29.7 Å². The molecule has 0 N–H and O–H groups in total. The molecule has 0 fully saturated rings. The van der Waals surface area contributed by atoms with Gasteiger partial charge in [0.05, 0.1) is 12.2 Å². The van der Waals surface area contributed by atoms with Crippen LogP contribution in [0.25, 0.3) is 5.57 Å². The third kappa shape index (κ3) is 3.15. The van der Waals surface area contributed by atoms with E-state index in [9.17, 15) is 8.78 Å². The molecule has 1 heterocycles. The van der Waals surface area contributed by atoms with E-state index in [1.54, 1.807) is 22.9 Å². The number of hydrogen-bond acceptors (Lipinski definition) is 1. The molecule has 0 aliphatic heterocycles. The molecule has 0 amide bonds. The number of hydrogen-bond donors (Lipinski definition) is 0. The van der Waals surface area contributed by atoms with Gasteiger partial charge in [-0.1, -0.05) is 35.3 Å². The quantitative estimate of drug-likeness (QED) is 0.667. The number of halogens is 4. The molecule has 0 saturated carbocycles. The van der Waals surface area contributed by atoms with Gasteiger partial charge in [-0.2, -0.15) is 5.10 Å². The van der Waals surface area contributed by atoms with Crippen LogP contribution in [0.1, 0.15) is 48.7 Å². The standard InChI is InChI=1S/C17H16Cl2F2N2/c1-2-10-4-3-5-13-15(17(20)21)22-23(16(10)13)9-11-6-7-12(18)8-14(11)19/h2,6-8,17H,3-5,9H2,1H3/b10-2+. The largest absolute Gasteiger partial charge is 0.282 e. The Morgan fingerprint density at radius 2 is 2.09 bits per heavy atom.